The van der Waals surface area contributed by atoms with Crippen molar-refractivity contribution in [2.75, 3.05) is 5.73 Å². The van der Waals surface area contributed by atoms with E-state index in [1.165, 1.54) is 6.20 Å². The van der Waals surface area contributed by atoms with Crippen LogP contribution in [0.15, 0.2) is 29.0 Å². The van der Waals surface area contributed by atoms with Crippen molar-refractivity contribution < 1.29 is 0 Å². The predicted octanol–water partition coefficient (Wildman–Crippen LogP) is 3.68. The SMILES string of the molecule is Cc1nnc(-c2nc(Br)cnc2N)n1-c1cccc(Cl)c1Cl. The number of nitrogens with zero attached hydrogens (tertiary/aromatic N) is 5. The molecule has 0 aliphatic rings. The molecule has 0 unspecified atom stereocenters. The molecule has 2 heterocycles. The van der Waals surface area contributed by atoms with Gasteiger partial charge >= 0.3 is 0 Å². The Balaban J connectivity index is 2.29. The molecule has 22 heavy (non-hydrogen) atoms. The van der Waals surface area contributed by atoms with E-state index in [1.54, 1.807) is 23.6 Å². The summed E-state index contributed by atoms with van der Waals surface area (Å²) in [5.41, 5.74) is 6.97. The molecule has 2 N–H and O–H groups in total. The van der Waals surface area contributed by atoms with Gasteiger partial charge in [0, 0.05) is 0 Å². The van der Waals surface area contributed by atoms with Gasteiger partial charge in [-0.1, -0.05) is 29.3 Å². The van der Waals surface area contributed by atoms with Gasteiger partial charge < -0.3 is 5.73 Å². The van der Waals surface area contributed by atoms with Crippen LogP contribution >= 0.6 is 39.1 Å². The molecule has 0 saturated heterocycles. The number of aromatic nitrogens is 5. The minimum Gasteiger partial charge on any atom is -0.382 e. The van der Waals surface area contributed by atoms with E-state index >= 15 is 0 Å². The van der Waals surface area contributed by atoms with E-state index in [-0.39, 0.29) is 5.82 Å². The van der Waals surface area contributed by atoms with Crippen LogP contribution in [0.3, 0.4) is 0 Å². The van der Waals surface area contributed by atoms with Gasteiger partial charge in [0.2, 0.25) is 0 Å². The summed E-state index contributed by atoms with van der Waals surface area (Å²) in [6, 6.07) is 5.32. The molecule has 0 radical (unpaired) electrons. The highest BCUT2D eigenvalue weighted by molar-refractivity contribution is 9.10. The van der Waals surface area contributed by atoms with Crippen molar-refractivity contribution in [3.05, 3.63) is 44.9 Å². The average molecular weight is 400 g/mol. The molecule has 0 aliphatic carbocycles. The van der Waals surface area contributed by atoms with Crippen molar-refractivity contribution in [3.8, 4) is 17.2 Å². The van der Waals surface area contributed by atoms with E-state index in [1.807, 2.05) is 6.07 Å². The van der Waals surface area contributed by atoms with Crippen LogP contribution in [-0.2, 0) is 0 Å². The molecule has 0 saturated carbocycles. The molecule has 2 aromatic heterocycles. The summed E-state index contributed by atoms with van der Waals surface area (Å²) in [6.07, 6.45) is 1.51. The van der Waals surface area contributed by atoms with Crippen LogP contribution in [-0.4, -0.2) is 24.7 Å². The third-order valence-corrected chi connectivity index (χ3v) is 4.17. The monoisotopic (exact) mass is 398 g/mol. The Kier molecular flexibility index (Phi) is 4.03. The second kappa shape index (κ2) is 5.83. The summed E-state index contributed by atoms with van der Waals surface area (Å²) < 4.78 is 2.28. The lowest BCUT2D eigenvalue weighted by Crippen LogP contribution is -2.05. The summed E-state index contributed by atoms with van der Waals surface area (Å²) in [6.45, 7) is 1.80. The number of hydrogen-bond acceptors (Lipinski definition) is 5. The zero-order valence-electron chi connectivity index (χ0n) is 11.3. The maximum atomic E-state index is 6.30. The minimum absolute atomic E-state index is 0.245. The molecule has 0 bridgehead atoms. The normalized spacial score (nSPS) is 10.9. The molecule has 0 spiro atoms. The van der Waals surface area contributed by atoms with Crippen molar-refractivity contribution in [2.45, 2.75) is 6.92 Å². The fourth-order valence-electron chi connectivity index (χ4n) is 2.01. The summed E-state index contributed by atoms with van der Waals surface area (Å²) in [5.74, 6) is 1.31. The molecule has 0 atom stereocenters. The third kappa shape index (κ3) is 2.55. The summed E-state index contributed by atoms with van der Waals surface area (Å²) in [7, 11) is 0. The molecule has 3 aromatic rings. The highest BCUT2D eigenvalue weighted by atomic mass is 79.9. The largest absolute Gasteiger partial charge is 0.382 e. The van der Waals surface area contributed by atoms with Gasteiger partial charge in [-0.25, -0.2) is 9.97 Å². The first-order valence-corrected chi connectivity index (χ1v) is 7.68. The van der Waals surface area contributed by atoms with Gasteiger partial charge in [0.05, 0.1) is 21.9 Å². The van der Waals surface area contributed by atoms with Crippen LogP contribution in [0.4, 0.5) is 5.82 Å². The van der Waals surface area contributed by atoms with E-state index in [0.717, 1.165) is 0 Å². The highest BCUT2D eigenvalue weighted by Gasteiger charge is 2.20. The maximum Gasteiger partial charge on any atom is 0.191 e. The Bertz CT molecular complexity index is 864. The smallest absolute Gasteiger partial charge is 0.191 e. The first kappa shape index (κ1) is 15.2. The van der Waals surface area contributed by atoms with E-state index in [0.29, 0.717) is 37.7 Å². The van der Waals surface area contributed by atoms with Gasteiger partial charge in [0.15, 0.2) is 17.3 Å². The van der Waals surface area contributed by atoms with Gasteiger partial charge in [-0.3, -0.25) is 4.57 Å². The number of aryl methyl sites for hydroxylation is 1. The summed E-state index contributed by atoms with van der Waals surface area (Å²) >= 11 is 15.7. The lowest BCUT2D eigenvalue weighted by molar-refractivity contribution is 0.969. The van der Waals surface area contributed by atoms with Crippen LogP contribution in [0.1, 0.15) is 5.82 Å². The Labute approximate surface area is 144 Å². The molecular weight excluding hydrogens is 391 g/mol. The summed E-state index contributed by atoms with van der Waals surface area (Å²) in [4.78, 5) is 8.39. The summed E-state index contributed by atoms with van der Waals surface area (Å²) in [5, 5.41) is 9.06. The highest BCUT2D eigenvalue weighted by Crippen LogP contribution is 2.32. The van der Waals surface area contributed by atoms with Crippen molar-refractivity contribution in [1.29, 1.82) is 0 Å². The Hall–Kier alpha value is -1.70. The number of rotatable bonds is 2. The van der Waals surface area contributed by atoms with E-state index in [4.69, 9.17) is 28.9 Å². The maximum absolute atomic E-state index is 6.30. The molecule has 0 fully saturated rings. The number of halogens is 3. The van der Waals surface area contributed by atoms with Crippen LogP contribution in [0.5, 0.6) is 0 Å². The van der Waals surface area contributed by atoms with Crippen molar-refractivity contribution in [3.63, 3.8) is 0 Å². The van der Waals surface area contributed by atoms with Crippen molar-refractivity contribution >= 4 is 44.9 Å². The topological polar surface area (TPSA) is 82.5 Å². The Morgan fingerprint density at radius 3 is 2.77 bits per heavy atom. The number of nitrogen functional groups attached to an aromatic ring is 1. The zero-order chi connectivity index (χ0) is 15.9. The Morgan fingerprint density at radius 2 is 2.00 bits per heavy atom. The van der Waals surface area contributed by atoms with E-state index < -0.39 is 0 Å². The predicted molar refractivity (Wildman–Crippen MR) is 89.3 cm³/mol. The first-order chi connectivity index (χ1) is 10.5. The fraction of sp³-hybridized carbons (Fsp3) is 0.0769. The molecule has 1 aromatic carbocycles. The van der Waals surface area contributed by atoms with Crippen LogP contribution in [0, 0.1) is 6.92 Å². The molecule has 6 nitrogen and oxygen atoms in total. The molecule has 112 valence electrons. The van der Waals surface area contributed by atoms with Crippen molar-refractivity contribution in [1.82, 2.24) is 24.7 Å². The van der Waals surface area contributed by atoms with Crippen molar-refractivity contribution in [2.24, 2.45) is 0 Å². The van der Waals surface area contributed by atoms with Gasteiger partial charge in [0.1, 0.15) is 10.4 Å². The second-order valence-corrected chi connectivity index (χ2v) is 6.00. The van der Waals surface area contributed by atoms with Gasteiger partial charge in [-0.15, -0.1) is 10.2 Å². The Morgan fingerprint density at radius 1 is 1.23 bits per heavy atom. The molecule has 3 rings (SSSR count). The zero-order valence-corrected chi connectivity index (χ0v) is 14.4. The first-order valence-electron chi connectivity index (χ1n) is 6.14. The molecular formula is C13H9BrCl2N6. The average Bonchev–Trinajstić information content (AvgIpc) is 2.86. The number of anilines is 1. The van der Waals surface area contributed by atoms with Gasteiger partial charge in [-0.2, -0.15) is 0 Å². The van der Waals surface area contributed by atoms with Crippen LogP contribution in [0.2, 0.25) is 10.0 Å². The quantitative estimate of drug-likeness (QED) is 0.710. The molecule has 0 aliphatic heterocycles. The van der Waals surface area contributed by atoms with Crippen LogP contribution in [0.25, 0.3) is 17.2 Å². The standard InChI is InChI=1S/C13H9BrCl2N6/c1-6-20-21-13(11-12(17)18-5-9(14)19-11)22(6)8-4-2-3-7(15)10(8)16/h2-5H,1H3,(H2,17,18). The second-order valence-electron chi connectivity index (χ2n) is 4.41. The lowest BCUT2D eigenvalue weighted by atomic mass is 10.3. The van der Waals surface area contributed by atoms with E-state index in [9.17, 15) is 0 Å². The number of nitrogens with two attached hydrogens (primary N) is 1. The van der Waals surface area contributed by atoms with Gasteiger partial charge in [0.25, 0.3) is 0 Å². The van der Waals surface area contributed by atoms with Gasteiger partial charge in [-0.05, 0) is 35.0 Å². The molecule has 0 amide bonds. The fourth-order valence-corrected chi connectivity index (χ4v) is 2.67. The number of benzene rings is 1. The lowest BCUT2D eigenvalue weighted by Gasteiger charge is -2.11. The molecule has 9 heteroatoms. The van der Waals surface area contributed by atoms with E-state index in [2.05, 4.69) is 36.1 Å². The van der Waals surface area contributed by atoms with Crippen LogP contribution < -0.4 is 5.73 Å². The number of hydrogen-bond donors (Lipinski definition) is 1. The third-order valence-electron chi connectivity index (χ3n) is 2.98. The minimum atomic E-state index is 0.245.